The Morgan fingerprint density at radius 3 is 2.07 bits per heavy atom. The Bertz CT molecular complexity index is 1670. The zero-order valence-corrected chi connectivity index (χ0v) is 23.2. The van der Waals surface area contributed by atoms with Crippen LogP contribution in [0.25, 0.3) is 0 Å². The predicted molar refractivity (Wildman–Crippen MR) is 135 cm³/mol. The summed E-state index contributed by atoms with van der Waals surface area (Å²) in [5.41, 5.74) is -7.51. The van der Waals surface area contributed by atoms with Crippen LogP contribution in [0.15, 0.2) is 70.6 Å². The minimum absolute atomic E-state index is 0.00304. The van der Waals surface area contributed by atoms with Gasteiger partial charge in [-0.25, -0.2) is 30.9 Å². The molecule has 4 rings (SSSR count). The zero-order chi connectivity index (χ0) is 31.3. The van der Waals surface area contributed by atoms with Gasteiger partial charge < -0.3 is 5.11 Å². The lowest BCUT2D eigenvalue weighted by molar-refractivity contribution is -0.376. The first kappa shape index (κ1) is 31.9. The Hall–Kier alpha value is -2.99. The van der Waals surface area contributed by atoms with Crippen molar-refractivity contribution in [2.45, 2.75) is 46.6 Å². The second kappa shape index (κ2) is 10.9. The molecule has 0 fully saturated rings. The number of aryl methyl sites for hydroxylation is 1. The van der Waals surface area contributed by atoms with E-state index in [0.29, 0.717) is 22.5 Å². The predicted octanol–water partition coefficient (Wildman–Crippen LogP) is 4.67. The molecular weight excluding hydrogens is 643 g/mol. The molecule has 18 heteroatoms. The maximum atomic E-state index is 13.7. The van der Waals surface area contributed by atoms with Crippen LogP contribution in [-0.2, 0) is 32.1 Å². The maximum absolute atomic E-state index is 13.7. The van der Waals surface area contributed by atoms with E-state index in [0.717, 1.165) is 36.5 Å². The molecule has 2 N–H and O–H groups in total. The summed E-state index contributed by atoms with van der Waals surface area (Å²) in [4.78, 5) is 2.85. The number of alkyl halides is 6. The summed E-state index contributed by atoms with van der Waals surface area (Å²) < 4.78 is 150. The fourth-order valence-corrected chi connectivity index (χ4v) is 7.24. The van der Waals surface area contributed by atoms with Crippen molar-refractivity contribution in [3.8, 4) is 0 Å². The standard InChI is InChI=1S/C24H19ClF7N3O5S2/c25-21-10-8-19(13-33-21)41(37,38)34-12-17-5-1-14-11-15(22(36,23(27,28)29)24(30,31)32)2-9-20(14)35(17)42(39,40)18-6-3-16(26)4-7-18/h2-4,6-11,13,17,34,36H,1,5,12H2. The third-order valence-corrected chi connectivity index (χ3v) is 10.0. The number of hydrogen-bond acceptors (Lipinski definition) is 6. The van der Waals surface area contributed by atoms with E-state index in [9.17, 15) is 52.7 Å². The third kappa shape index (κ3) is 5.79. The lowest BCUT2D eigenvalue weighted by Gasteiger charge is -2.39. The number of rotatable bonds is 7. The minimum Gasteiger partial charge on any atom is -0.369 e. The normalized spacial score (nSPS) is 16.8. The fourth-order valence-electron chi connectivity index (χ4n) is 4.39. The molecule has 42 heavy (non-hydrogen) atoms. The number of aliphatic hydroxyl groups is 1. The van der Waals surface area contributed by atoms with Gasteiger partial charge in [-0.1, -0.05) is 23.7 Å². The summed E-state index contributed by atoms with van der Waals surface area (Å²) in [6.45, 7) is -0.582. The molecule has 0 spiro atoms. The van der Waals surface area contributed by atoms with Crippen LogP contribution < -0.4 is 9.03 Å². The summed E-state index contributed by atoms with van der Waals surface area (Å²) in [6, 6.07) is 5.86. The van der Waals surface area contributed by atoms with E-state index >= 15 is 0 Å². The summed E-state index contributed by atoms with van der Waals surface area (Å²) >= 11 is 5.67. The van der Waals surface area contributed by atoms with Crippen molar-refractivity contribution in [1.29, 1.82) is 0 Å². The monoisotopic (exact) mass is 661 g/mol. The van der Waals surface area contributed by atoms with Crippen LogP contribution in [-0.4, -0.2) is 51.9 Å². The van der Waals surface area contributed by atoms with Crippen molar-refractivity contribution in [1.82, 2.24) is 9.71 Å². The number of pyridine rings is 1. The highest BCUT2D eigenvalue weighted by Gasteiger charge is 2.71. The lowest BCUT2D eigenvalue weighted by Crippen LogP contribution is -2.54. The highest BCUT2D eigenvalue weighted by molar-refractivity contribution is 7.93. The molecule has 0 saturated carbocycles. The van der Waals surface area contributed by atoms with Gasteiger partial charge in [0.05, 0.1) is 16.6 Å². The Kier molecular flexibility index (Phi) is 8.31. The van der Waals surface area contributed by atoms with Crippen molar-refractivity contribution in [2.75, 3.05) is 10.8 Å². The second-order valence-electron chi connectivity index (χ2n) is 9.17. The molecule has 1 atom stereocenters. The average molecular weight is 662 g/mol. The van der Waals surface area contributed by atoms with Crippen LogP contribution in [0.2, 0.25) is 5.15 Å². The first-order valence-corrected chi connectivity index (χ1v) is 15.0. The van der Waals surface area contributed by atoms with Crippen molar-refractivity contribution in [3.05, 3.63) is 82.9 Å². The first-order valence-electron chi connectivity index (χ1n) is 11.7. The average Bonchev–Trinajstić information content (AvgIpc) is 2.90. The van der Waals surface area contributed by atoms with E-state index < -0.39 is 66.9 Å². The highest BCUT2D eigenvalue weighted by atomic mass is 35.5. The number of anilines is 1. The van der Waals surface area contributed by atoms with Crippen molar-refractivity contribution in [2.24, 2.45) is 0 Å². The van der Waals surface area contributed by atoms with Gasteiger partial charge in [-0.15, -0.1) is 0 Å². The highest BCUT2D eigenvalue weighted by Crippen LogP contribution is 2.51. The molecule has 0 radical (unpaired) electrons. The summed E-state index contributed by atoms with van der Waals surface area (Å²) in [5, 5.41) is 9.83. The first-order chi connectivity index (χ1) is 19.3. The van der Waals surface area contributed by atoms with E-state index in [1.165, 1.54) is 6.07 Å². The van der Waals surface area contributed by atoms with E-state index in [4.69, 9.17) is 11.6 Å². The molecule has 2 heterocycles. The number of sulfonamides is 2. The molecule has 1 aliphatic heterocycles. The Morgan fingerprint density at radius 2 is 1.52 bits per heavy atom. The van der Waals surface area contributed by atoms with E-state index in [1.54, 1.807) is 0 Å². The molecule has 0 bridgehead atoms. The van der Waals surface area contributed by atoms with Crippen LogP contribution in [0.3, 0.4) is 0 Å². The molecule has 8 nitrogen and oxygen atoms in total. The van der Waals surface area contributed by atoms with Crippen LogP contribution in [0, 0.1) is 5.82 Å². The van der Waals surface area contributed by atoms with Gasteiger partial charge in [-0.2, -0.15) is 26.3 Å². The lowest BCUT2D eigenvalue weighted by atomic mass is 9.88. The van der Waals surface area contributed by atoms with E-state index in [1.807, 2.05) is 0 Å². The van der Waals surface area contributed by atoms with Gasteiger partial charge in [-0.05, 0) is 60.9 Å². The second-order valence-corrected chi connectivity index (χ2v) is 13.1. The Labute approximate surface area is 239 Å². The molecule has 0 amide bonds. The smallest absolute Gasteiger partial charge is 0.369 e. The third-order valence-electron chi connectivity index (χ3n) is 6.52. The van der Waals surface area contributed by atoms with Crippen LogP contribution in [0.4, 0.5) is 36.4 Å². The zero-order valence-electron chi connectivity index (χ0n) is 20.8. The number of halogens is 8. The number of fused-ring (bicyclic) bond motifs is 1. The van der Waals surface area contributed by atoms with Crippen molar-refractivity contribution < 1.29 is 52.7 Å². The van der Waals surface area contributed by atoms with Gasteiger partial charge in [0.2, 0.25) is 10.0 Å². The summed E-state index contributed by atoms with van der Waals surface area (Å²) in [6.07, 6.45) is -12.0. The van der Waals surface area contributed by atoms with Gasteiger partial charge in [0, 0.05) is 18.3 Å². The molecule has 3 aromatic rings. The van der Waals surface area contributed by atoms with Crippen molar-refractivity contribution in [3.63, 3.8) is 0 Å². The SMILES string of the molecule is O=S(=O)(NCC1CCc2cc(C(O)(C(F)(F)F)C(F)(F)F)ccc2N1S(=O)(=O)c1ccc(F)cc1)c1ccc(Cl)nc1. The molecular formula is C24H19ClF7N3O5S2. The number of benzene rings is 2. The molecule has 1 aromatic heterocycles. The summed E-state index contributed by atoms with van der Waals surface area (Å²) in [7, 11) is -8.97. The molecule has 1 unspecified atom stereocenters. The molecule has 1 aliphatic rings. The van der Waals surface area contributed by atoms with Crippen LogP contribution in [0.5, 0.6) is 0 Å². The van der Waals surface area contributed by atoms with Gasteiger partial charge in [0.1, 0.15) is 15.9 Å². The number of nitrogens with zero attached hydrogens (tertiary/aromatic N) is 2. The topological polar surface area (TPSA) is 117 Å². The number of hydrogen-bond donors (Lipinski definition) is 2. The fraction of sp³-hybridized carbons (Fsp3) is 0.292. The molecule has 2 aromatic carbocycles. The number of nitrogens with one attached hydrogen (secondary N) is 1. The van der Waals surface area contributed by atoms with Gasteiger partial charge >= 0.3 is 12.4 Å². The molecule has 0 saturated heterocycles. The van der Waals surface area contributed by atoms with Gasteiger partial charge in [0.25, 0.3) is 15.6 Å². The minimum atomic E-state index is -6.18. The van der Waals surface area contributed by atoms with Gasteiger partial charge in [-0.3, -0.25) is 4.31 Å². The van der Waals surface area contributed by atoms with E-state index in [-0.39, 0.29) is 34.1 Å². The van der Waals surface area contributed by atoms with E-state index in [2.05, 4.69) is 9.71 Å². The van der Waals surface area contributed by atoms with Crippen LogP contribution in [0.1, 0.15) is 17.5 Å². The quantitative estimate of drug-likeness (QED) is 0.281. The van der Waals surface area contributed by atoms with Gasteiger partial charge in [0.15, 0.2) is 0 Å². The van der Waals surface area contributed by atoms with Crippen molar-refractivity contribution >= 4 is 37.3 Å². The maximum Gasteiger partial charge on any atom is 0.430 e. The molecule has 228 valence electrons. The largest absolute Gasteiger partial charge is 0.430 e. The molecule has 0 aliphatic carbocycles. The Morgan fingerprint density at radius 1 is 0.929 bits per heavy atom. The Balaban J connectivity index is 1.80. The van der Waals surface area contributed by atoms with Crippen LogP contribution >= 0.6 is 11.6 Å². The number of aromatic nitrogens is 1. The summed E-state index contributed by atoms with van der Waals surface area (Å²) in [5.74, 6) is -0.794.